The van der Waals surface area contributed by atoms with Crippen molar-refractivity contribution >= 4 is 57.3 Å². The number of carbonyl (C=O) groups is 4. The Morgan fingerprint density at radius 3 is 1.88 bits per heavy atom. The molecule has 4 saturated carbocycles. The van der Waals surface area contributed by atoms with E-state index < -0.39 is 24.3 Å². The molecule has 6 fully saturated rings. The number of nitrogens with zero attached hydrogens (tertiary/aromatic N) is 5. The standard InChI is InChI=1S/C54H60N8O6/c1-67-53(65)59-48(29-9-5-3-6-10-29)51(63)61-44-25-36(44)27-46(61)43-24-35-22-32(14-18-40(35)56-43)31-13-17-38-33(21-31)15-19-39(55-38)34-16-20-41-42(23-34)58-50(57-41)47-28-37-26-45(37)62(47)52(64)49(60-54(66)68-2)30-11-7-4-8-12-30/h13-23,29-30,36-37,44-49H,3-12,24-28H2,1-2H3,(H,57,58)(H,59,65)(H,60,66)/t36-,37-,44-,45-,46+,47+,48+,49+/m1/s1. The molecular formula is C54H60N8O6. The van der Waals surface area contributed by atoms with Crippen molar-refractivity contribution < 1.29 is 28.7 Å². The number of aromatic nitrogens is 3. The smallest absolute Gasteiger partial charge is 0.407 e. The van der Waals surface area contributed by atoms with E-state index in [0.717, 1.165) is 151 Å². The highest BCUT2D eigenvalue weighted by Gasteiger charge is 2.58. The number of imidazole rings is 1. The Kier molecular flexibility index (Phi) is 11.0. The summed E-state index contributed by atoms with van der Waals surface area (Å²) in [7, 11) is 2.71. The molecule has 4 aliphatic carbocycles. The van der Waals surface area contributed by atoms with Crippen molar-refractivity contribution in [3.05, 3.63) is 78.1 Å². The molecule has 3 aliphatic heterocycles. The van der Waals surface area contributed by atoms with E-state index in [1.165, 1.54) is 20.6 Å². The lowest BCUT2D eigenvalue weighted by molar-refractivity contribution is -0.137. The first-order valence-corrected chi connectivity index (χ1v) is 25.2. The fourth-order valence-electron chi connectivity index (χ4n) is 12.9. The number of aromatic amines is 1. The lowest BCUT2D eigenvalue weighted by Crippen LogP contribution is -2.56. The molecule has 12 rings (SSSR count). The molecular weight excluding hydrogens is 857 g/mol. The maximum absolute atomic E-state index is 14.4. The Morgan fingerprint density at radius 2 is 1.22 bits per heavy atom. The average Bonchev–Trinajstić information content (AvgIpc) is 4.04. The van der Waals surface area contributed by atoms with Crippen LogP contribution < -0.4 is 10.6 Å². The Balaban J connectivity index is 0.743. The second kappa shape index (κ2) is 17.3. The number of rotatable bonds is 10. The number of hydrogen-bond donors (Lipinski definition) is 3. The highest BCUT2D eigenvalue weighted by atomic mass is 16.5. The van der Waals surface area contributed by atoms with Crippen molar-refractivity contribution in [3.63, 3.8) is 0 Å². The van der Waals surface area contributed by atoms with Gasteiger partial charge in [0.25, 0.3) is 0 Å². The number of carbonyl (C=O) groups excluding carboxylic acids is 4. The number of aliphatic imine (C=N–C) groups is 1. The average molecular weight is 917 g/mol. The Bertz CT molecular complexity index is 2860. The number of pyridine rings is 1. The first-order chi connectivity index (χ1) is 33.2. The number of methoxy groups -OCH3 is 2. The predicted octanol–water partition coefficient (Wildman–Crippen LogP) is 9.33. The zero-order valence-corrected chi connectivity index (χ0v) is 38.9. The lowest BCUT2D eigenvalue weighted by Gasteiger charge is -2.36. The van der Waals surface area contributed by atoms with Crippen molar-refractivity contribution in [3.8, 4) is 22.4 Å². The summed E-state index contributed by atoms with van der Waals surface area (Å²) in [4.78, 5) is 76.7. The number of hydrogen-bond acceptors (Lipinski definition) is 9. The number of piperidine rings is 2. The number of H-pyrrole nitrogens is 1. The van der Waals surface area contributed by atoms with E-state index in [1.807, 2.05) is 11.0 Å². The van der Waals surface area contributed by atoms with Crippen LogP contribution in [0.4, 0.5) is 15.3 Å². The molecule has 0 unspecified atom stereocenters. The minimum atomic E-state index is -0.602. The minimum Gasteiger partial charge on any atom is -0.453 e. The fraction of sp³-hybridized carbons (Fsp3) is 0.500. The second-order valence-electron chi connectivity index (χ2n) is 20.7. The summed E-state index contributed by atoms with van der Waals surface area (Å²) in [5, 5.41) is 6.91. The first-order valence-electron chi connectivity index (χ1n) is 25.2. The zero-order valence-electron chi connectivity index (χ0n) is 38.9. The number of nitrogens with one attached hydrogen (secondary N) is 3. The van der Waals surface area contributed by atoms with Gasteiger partial charge in [-0.25, -0.2) is 19.6 Å². The predicted molar refractivity (Wildman–Crippen MR) is 258 cm³/mol. The zero-order chi connectivity index (χ0) is 46.2. The van der Waals surface area contributed by atoms with Gasteiger partial charge in [0, 0.05) is 35.2 Å². The molecule has 0 bridgehead atoms. The van der Waals surface area contributed by atoms with Crippen LogP contribution in [0.1, 0.15) is 107 Å². The van der Waals surface area contributed by atoms with Gasteiger partial charge < -0.3 is 34.9 Å². The maximum Gasteiger partial charge on any atom is 0.407 e. The molecule has 0 spiro atoms. The van der Waals surface area contributed by atoms with Crippen molar-refractivity contribution in [2.45, 2.75) is 133 Å². The van der Waals surface area contributed by atoms with Crippen molar-refractivity contribution in [2.24, 2.45) is 28.7 Å². The molecule has 5 aromatic rings. The summed E-state index contributed by atoms with van der Waals surface area (Å²) in [5.74, 6) is 1.94. The minimum absolute atomic E-state index is 0.0197. The SMILES string of the molecule is COC(=O)N[C@H](C(=O)N1[C@@H]2C[C@@H]2C[C@H]1C1=Nc2ccc(-c3ccc4nc(-c5ccc6nc([C@@H]7C[C@H]8C[C@H]8N7C(=O)[C@@H](NC(=O)OC)C7CCCCC7)[nH]c6c5)ccc4c3)cc2C1)C1CCCCC1. The molecule has 3 N–H and O–H groups in total. The number of amides is 4. The monoisotopic (exact) mass is 916 g/mol. The summed E-state index contributed by atoms with van der Waals surface area (Å²) < 4.78 is 9.95. The van der Waals surface area contributed by atoms with Crippen LogP contribution in [-0.2, 0) is 25.5 Å². The lowest BCUT2D eigenvalue weighted by atomic mass is 9.83. The third kappa shape index (κ3) is 7.86. The highest BCUT2D eigenvalue weighted by Crippen LogP contribution is 2.54. The van der Waals surface area contributed by atoms with E-state index in [-0.39, 0.29) is 47.8 Å². The molecule has 5 heterocycles. The summed E-state index contributed by atoms with van der Waals surface area (Å²) in [6.45, 7) is 0. The van der Waals surface area contributed by atoms with Gasteiger partial charge in [-0.1, -0.05) is 62.8 Å². The van der Waals surface area contributed by atoms with E-state index in [1.54, 1.807) is 0 Å². The van der Waals surface area contributed by atoms with Gasteiger partial charge in [-0.3, -0.25) is 14.6 Å². The van der Waals surface area contributed by atoms with Crippen LogP contribution in [0, 0.1) is 23.7 Å². The Hall–Kier alpha value is -6.31. The number of alkyl carbamates (subject to hydrolysis) is 2. The summed E-state index contributed by atoms with van der Waals surface area (Å²) in [5.41, 5.74) is 9.83. The molecule has 14 nitrogen and oxygen atoms in total. The van der Waals surface area contributed by atoms with Gasteiger partial charge >= 0.3 is 12.2 Å². The van der Waals surface area contributed by atoms with Crippen LogP contribution in [0.3, 0.4) is 0 Å². The van der Waals surface area contributed by atoms with Gasteiger partial charge in [0.2, 0.25) is 11.8 Å². The fourth-order valence-corrected chi connectivity index (χ4v) is 12.9. The van der Waals surface area contributed by atoms with E-state index >= 15 is 0 Å². The van der Waals surface area contributed by atoms with Crippen LogP contribution in [-0.4, -0.2) is 98.9 Å². The second-order valence-corrected chi connectivity index (χ2v) is 20.7. The molecule has 3 aromatic carbocycles. The highest BCUT2D eigenvalue weighted by molar-refractivity contribution is 6.02. The number of likely N-dealkylation sites (tertiary alicyclic amines) is 2. The van der Waals surface area contributed by atoms with Gasteiger partial charge in [0.05, 0.1) is 54.2 Å². The third-order valence-corrected chi connectivity index (χ3v) is 16.6. The first kappa shape index (κ1) is 43.0. The largest absolute Gasteiger partial charge is 0.453 e. The molecule has 2 saturated heterocycles. The molecule has 352 valence electrons. The quantitative estimate of drug-likeness (QED) is 0.124. The normalized spacial score (nSPS) is 26.1. The number of benzene rings is 3. The van der Waals surface area contributed by atoms with Crippen LogP contribution in [0.2, 0.25) is 0 Å². The molecule has 4 amide bonds. The Labute approximate surface area is 396 Å². The molecule has 7 aliphatic rings. The van der Waals surface area contributed by atoms with Crippen LogP contribution in [0.25, 0.3) is 44.3 Å². The van der Waals surface area contributed by atoms with E-state index in [4.69, 9.17) is 24.4 Å². The molecule has 8 atom stereocenters. The van der Waals surface area contributed by atoms with E-state index in [9.17, 15) is 19.2 Å². The molecule has 14 heteroatoms. The summed E-state index contributed by atoms with van der Waals surface area (Å²) >= 11 is 0. The van der Waals surface area contributed by atoms with Gasteiger partial charge in [0.1, 0.15) is 17.9 Å². The van der Waals surface area contributed by atoms with Gasteiger partial charge in [-0.15, -0.1) is 0 Å². The van der Waals surface area contributed by atoms with Gasteiger partial charge in [-0.05, 0) is 134 Å². The summed E-state index contributed by atoms with van der Waals surface area (Å²) in [6, 6.07) is 22.2. The maximum atomic E-state index is 14.4. The van der Waals surface area contributed by atoms with Crippen LogP contribution in [0.15, 0.2) is 71.7 Å². The Morgan fingerprint density at radius 1 is 0.632 bits per heavy atom. The molecule has 68 heavy (non-hydrogen) atoms. The van der Waals surface area contributed by atoms with E-state index in [2.05, 4.69) is 81.2 Å². The van der Waals surface area contributed by atoms with E-state index in [0.29, 0.717) is 18.3 Å². The topological polar surface area (TPSA) is 171 Å². The van der Waals surface area contributed by atoms with Gasteiger partial charge in [-0.2, -0.15) is 0 Å². The van der Waals surface area contributed by atoms with Crippen molar-refractivity contribution in [2.75, 3.05) is 14.2 Å². The van der Waals surface area contributed by atoms with Crippen LogP contribution >= 0.6 is 0 Å². The van der Waals surface area contributed by atoms with Crippen molar-refractivity contribution in [1.82, 2.24) is 35.4 Å². The summed E-state index contributed by atoms with van der Waals surface area (Å²) in [6.07, 6.45) is 13.7. The number of ether oxygens (including phenoxy) is 2. The van der Waals surface area contributed by atoms with Crippen molar-refractivity contribution in [1.29, 1.82) is 0 Å². The van der Waals surface area contributed by atoms with Gasteiger partial charge in [0.15, 0.2) is 0 Å². The molecule has 2 aromatic heterocycles. The molecule has 0 radical (unpaired) electrons. The van der Waals surface area contributed by atoms with Crippen LogP contribution in [0.5, 0.6) is 0 Å². The third-order valence-electron chi connectivity index (χ3n) is 16.6. The number of fused-ring (bicyclic) bond motifs is 5.